The molecule has 4 aromatic rings. The number of likely N-dealkylation sites (tertiary alicyclic amines) is 1. The lowest BCUT2D eigenvalue weighted by atomic mass is 9.51. The fourth-order valence-corrected chi connectivity index (χ4v) is 10.5. The number of amides is 4. The van der Waals surface area contributed by atoms with E-state index in [2.05, 4.69) is 0 Å². The molecular formula is C38H37ClN4O5S. The lowest BCUT2D eigenvalue weighted by molar-refractivity contribution is -0.140. The van der Waals surface area contributed by atoms with Crippen molar-refractivity contribution in [3.8, 4) is 16.3 Å². The van der Waals surface area contributed by atoms with Crippen molar-refractivity contribution in [2.45, 2.75) is 52.9 Å². The van der Waals surface area contributed by atoms with Crippen LogP contribution in [-0.2, 0) is 26.2 Å². The molecule has 0 spiro atoms. The molecule has 252 valence electrons. The van der Waals surface area contributed by atoms with E-state index in [0.29, 0.717) is 47.0 Å². The Labute approximate surface area is 293 Å². The Balaban J connectivity index is 1.26. The van der Waals surface area contributed by atoms with Crippen LogP contribution in [0.4, 0.5) is 5.82 Å². The van der Waals surface area contributed by atoms with E-state index in [4.69, 9.17) is 16.7 Å². The summed E-state index contributed by atoms with van der Waals surface area (Å²) in [5, 5.41) is 17.9. The average molecular weight is 697 g/mol. The third-order valence-corrected chi connectivity index (χ3v) is 13.1. The number of anilines is 1. The Morgan fingerprint density at radius 3 is 2.57 bits per heavy atom. The maximum absolute atomic E-state index is 15.0. The monoisotopic (exact) mass is 696 g/mol. The fourth-order valence-electron chi connectivity index (χ4n) is 9.22. The van der Waals surface area contributed by atoms with Crippen LogP contribution >= 0.6 is 22.9 Å². The fraction of sp³-hybridized carbons (Fsp3) is 0.395. The number of phenols is 1. The van der Waals surface area contributed by atoms with Crippen molar-refractivity contribution < 1.29 is 24.3 Å². The lowest BCUT2D eigenvalue weighted by Gasteiger charge is -2.49. The Morgan fingerprint density at radius 2 is 1.82 bits per heavy atom. The van der Waals surface area contributed by atoms with Gasteiger partial charge in [0.2, 0.25) is 23.6 Å². The van der Waals surface area contributed by atoms with E-state index in [0.717, 1.165) is 26.1 Å². The zero-order chi connectivity index (χ0) is 34.7. The minimum atomic E-state index is -1.26. The van der Waals surface area contributed by atoms with Crippen molar-refractivity contribution in [3.05, 3.63) is 75.8 Å². The SMILES string of the molecule is CCCN1C(=O)[C@H]2[C@H](CC=C3[C@H]2C[C@H]2C(=O)N(c4cc(-c5sc6ccc(Cl)cc6c5C)nn4C)C(=O)[C@@]2(C)[C@H]3c2cccc(C)c2O)C1=O. The van der Waals surface area contributed by atoms with Gasteiger partial charge < -0.3 is 5.11 Å². The van der Waals surface area contributed by atoms with Gasteiger partial charge in [0.1, 0.15) is 17.3 Å². The number of carbonyl (C=O) groups is 4. The summed E-state index contributed by atoms with van der Waals surface area (Å²) in [5.74, 6) is -3.66. The molecule has 2 aliphatic heterocycles. The largest absolute Gasteiger partial charge is 0.507 e. The molecule has 2 aromatic carbocycles. The summed E-state index contributed by atoms with van der Waals surface area (Å²) >= 11 is 7.87. The van der Waals surface area contributed by atoms with Gasteiger partial charge in [0.25, 0.3) is 0 Å². The number of thiophene rings is 1. The Bertz CT molecular complexity index is 2170. The standard InChI is InChI=1S/C38H37ClN4O5S/c1-6-14-42-34(45)22-12-11-21-25(30(22)36(42)47)16-26-35(46)43(37(48)38(26,4)31(21)23-9-7-8-18(2)32(23)44)29-17-27(40-41(29)5)33-19(3)24-15-20(39)10-13-28(24)49-33/h7-11,13,15,17,22,25-26,30-31,44H,6,12,14,16H2,1-5H3/t22-,25+,26-,30-,31+,38+/m0/s1. The predicted octanol–water partition coefficient (Wildman–Crippen LogP) is 6.92. The van der Waals surface area contributed by atoms with Crippen molar-refractivity contribution in [1.29, 1.82) is 0 Å². The van der Waals surface area contributed by atoms with Crippen molar-refractivity contribution >= 4 is 62.5 Å². The summed E-state index contributed by atoms with van der Waals surface area (Å²) in [6.45, 7) is 7.94. The molecule has 6 atom stereocenters. The molecule has 2 saturated heterocycles. The maximum atomic E-state index is 15.0. The molecular weight excluding hydrogens is 660 g/mol. The van der Waals surface area contributed by atoms with Gasteiger partial charge in [0.15, 0.2) is 0 Å². The van der Waals surface area contributed by atoms with E-state index in [1.165, 1.54) is 9.80 Å². The minimum absolute atomic E-state index is 0.0689. The van der Waals surface area contributed by atoms with E-state index < -0.39 is 35.0 Å². The van der Waals surface area contributed by atoms with E-state index in [-0.39, 0.29) is 35.8 Å². The number of imide groups is 2. The molecule has 3 fully saturated rings. The molecule has 4 amide bonds. The number of phenolic OH excluding ortho intramolecular Hbond substituents is 1. The van der Waals surface area contributed by atoms with E-state index in [1.807, 2.05) is 57.2 Å². The Kier molecular flexibility index (Phi) is 7.25. The van der Waals surface area contributed by atoms with Crippen molar-refractivity contribution in [2.75, 3.05) is 11.4 Å². The number of para-hydroxylation sites is 1. The van der Waals surface area contributed by atoms with Gasteiger partial charge >= 0.3 is 0 Å². The molecule has 0 unspecified atom stereocenters. The maximum Gasteiger partial charge on any atom is 0.242 e. The van der Waals surface area contributed by atoms with Crippen LogP contribution in [0.15, 0.2) is 54.1 Å². The highest BCUT2D eigenvalue weighted by Gasteiger charge is 2.68. The van der Waals surface area contributed by atoms with Gasteiger partial charge in [0, 0.05) is 40.9 Å². The highest BCUT2D eigenvalue weighted by atomic mass is 35.5. The first-order valence-corrected chi connectivity index (χ1v) is 18.0. The summed E-state index contributed by atoms with van der Waals surface area (Å²) in [6, 6.07) is 13.0. The first-order chi connectivity index (χ1) is 23.4. The average Bonchev–Trinajstić information content (AvgIpc) is 3.74. The molecule has 2 aromatic heterocycles. The third kappa shape index (κ3) is 4.32. The van der Waals surface area contributed by atoms with E-state index in [9.17, 15) is 24.3 Å². The van der Waals surface area contributed by atoms with Gasteiger partial charge in [-0.3, -0.25) is 28.8 Å². The van der Waals surface area contributed by atoms with Gasteiger partial charge in [-0.05, 0) is 80.7 Å². The lowest BCUT2D eigenvalue weighted by Crippen LogP contribution is -2.49. The Hall–Kier alpha value is -4.28. The number of aromatic nitrogens is 2. The third-order valence-electron chi connectivity index (χ3n) is 11.6. The van der Waals surface area contributed by atoms with Crippen LogP contribution in [0.2, 0.25) is 5.02 Å². The van der Waals surface area contributed by atoms with Crippen LogP contribution in [0, 0.1) is 42.9 Å². The minimum Gasteiger partial charge on any atom is -0.507 e. The number of rotatable bonds is 5. The van der Waals surface area contributed by atoms with Gasteiger partial charge in [-0.2, -0.15) is 5.10 Å². The summed E-state index contributed by atoms with van der Waals surface area (Å²) in [5.41, 5.74) is 2.46. The van der Waals surface area contributed by atoms with Gasteiger partial charge in [-0.15, -0.1) is 11.3 Å². The smallest absolute Gasteiger partial charge is 0.242 e. The van der Waals surface area contributed by atoms with Crippen LogP contribution in [0.1, 0.15) is 55.7 Å². The molecule has 11 heteroatoms. The normalized spacial score (nSPS) is 28.0. The van der Waals surface area contributed by atoms with Crippen LogP contribution in [0.25, 0.3) is 20.7 Å². The molecule has 0 bridgehead atoms. The number of fused-ring (bicyclic) bond motifs is 5. The van der Waals surface area contributed by atoms with Gasteiger partial charge in [-0.25, -0.2) is 4.90 Å². The van der Waals surface area contributed by atoms with Crippen molar-refractivity contribution in [3.63, 3.8) is 0 Å². The molecule has 2 aliphatic carbocycles. The first kappa shape index (κ1) is 32.0. The number of allylic oxidation sites excluding steroid dienone is 2. The summed E-state index contributed by atoms with van der Waals surface area (Å²) in [7, 11) is 1.73. The molecule has 1 saturated carbocycles. The highest BCUT2D eigenvalue weighted by molar-refractivity contribution is 7.22. The number of aromatic hydroxyl groups is 1. The van der Waals surface area contributed by atoms with Crippen molar-refractivity contribution in [1.82, 2.24) is 14.7 Å². The Morgan fingerprint density at radius 1 is 1.04 bits per heavy atom. The van der Waals surface area contributed by atoms with Crippen LogP contribution < -0.4 is 4.90 Å². The number of aryl methyl sites for hydroxylation is 3. The number of nitrogens with zero attached hydrogens (tertiary/aromatic N) is 4. The van der Waals surface area contributed by atoms with E-state index >= 15 is 0 Å². The van der Waals surface area contributed by atoms with Crippen LogP contribution in [0.5, 0.6) is 5.75 Å². The van der Waals surface area contributed by atoms with E-state index in [1.54, 1.807) is 42.1 Å². The number of halogens is 1. The second kappa shape index (κ2) is 11.1. The van der Waals surface area contributed by atoms with Gasteiger partial charge in [-0.1, -0.05) is 48.4 Å². The number of hydrogen-bond donors (Lipinski definition) is 1. The van der Waals surface area contributed by atoms with Gasteiger partial charge in [0.05, 0.1) is 28.0 Å². The molecule has 8 rings (SSSR count). The number of carbonyl (C=O) groups excluding carboxylic acids is 4. The molecule has 4 heterocycles. The molecule has 4 aliphatic rings. The highest BCUT2D eigenvalue weighted by Crippen LogP contribution is 2.64. The number of hydrogen-bond acceptors (Lipinski definition) is 7. The predicted molar refractivity (Wildman–Crippen MR) is 188 cm³/mol. The summed E-state index contributed by atoms with van der Waals surface area (Å²) in [4.78, 5) is 60.6. The topological polar surface area (TPSA) is 113 Å². The van der Waals surface area contributed by atoms with Crippen LogP contribution in [0.3, 0.4) is 0 Å². The molecule has 1 N–H and O–H groups in total. The number of benzene rings is 2. The quantitative estimate of drug-likeness (QED) is 0.179. The summed E-state index contributed by atoms with van der Waals surface area (Å²) in [6.07, 6.45) is 3.31. The van der Waals surface area contributed by atoms with Crippen molar-refractivity contribution in [2.24, 2.45) is 36.1 Å². The van der Waals surface area contributed by atoms with Crippen LogP contribution in [-0.4, -0.2) is 50.0 Å². The molecule has 0 radical (unpaired) electrons. The second-order valence-electron chi connectivity index (χ2n) is 14.2. The summed E-state index contributed by atoms with van der Waals surface area (Å²) < 4.78 is 2.63. The zero-order valence-corrected chi connectivity index (χ0v) is 29.6. The second-order valence-corrected chi connectivity index (χ2v) is 15.7. The zero-order valence-electron chi connectivity index (χ0n) is 28.0. The first-order valence-electron chi connectivity index (χ1n) is 16.8. The molecule has 49 heavy (non-hydrogen) atoms. The molecule has 9 nitrogen and oxygen atoms in total.